The summed E-state index contributed by atoms with van der Waals surface area (Å²) in [5.74, 6) is 0.949. The molecule has 4 nitrogen and oxygen atoms in total. The Balaban J connectivity index is 1.93. The molecule has 0 saturated carbocycles. The van der Waals surface area contributed by atoms with Crippen LogP contribution in [-0.2, 0) is 19.9 Å². The Hall–Kier alpha value is -2.10. The molecule has 2 aromatic rings. The molecule has 0 atom stereocenters. The first kappa shape index (κ1) is 12.9. The molecule has 3 rings (SSSR count). The van der Waals surface area contributed by atoms with E-state index in [4.69, 9.17) is 0 Å². The van der Waals surface area contributed by atoms with Gasteiger partial charge < -0.3 is 4.90 Å². The Morgan fingerprint density at radius 3 is 2.30 bits per heavy atom. The molecule has 4 heteroatoms. The second-order valence-corrected chi connectivity index (χ2v) is 5.32. The summed E-state index contributed by atoms with van der Waals surface area (Å²) in [5.41, 5.74) is 4.36. The average Bonchev–Trinajstić information content (AvgIpc) is 2.63. The first-order valence-electron chi connectivity index (χ1n) is 7.01. The Morgan fingerprint density at radius 2 is 1.75 bits per heavy atom. The largest absolute Gasteiger partial charge is 0.356 e. The average molecular weight is 269 g/mol. The molecule has 1 aliphatic heterocycles. The van der Waals surface area contributed by atoms with Crippen LogP contribution in [0.2, 0.25) is 0 Å². The normalized spacial score (nSPS) is 14.8. The zero-order chi connectivity index (χ0) is 14.1. The molecule has 0 spiro atoms. The van der Waals surface area contributed by atoms with E-state index in [0.29, 0.717) is 0 Å². The Labute approximate surface area is 119 Å². The number of nitrogens with zero attached hydrogens (tertiary/aromatic N) is 3. The minimum Gasteiger partial charge on any atom is -0.356 e. The highest BCUT2D eigenvalue weighted by molar-refractivity contribution is 5.84. The molecule has 1 aromatic heterocycles. The van der Waals surface area contributed by atoms with E-state index in [0.717, 1.165) is 49.3 Å². The van der Waals surface area contributed by atoms with E-state index >= 15 is 0 Å². The lowest BCUT2D eigenvalue weighted by Crippen LogP contribution is -2.29. The number of anilines is 1. The van der Waals surface area contributed by atoms with E-state index in [-0.39, 0.29) is 0 Å². The van der Waals surface area contributed by atoms with Gasteiger partial charge in [0.15, 0.2) is 6.29 Å². The standard InChI is InChI=1S/C16H19N3O/c1-12-15(11-20)16(18(2)17-12)19-9-7-13-5-3-4-6-14(13)8-10-19/h3-6,11H,7-10H2,1-2H3. The molecule has 1 aromatic carbocycles. The molecule has 0 bridgehead atoms. The lowest BCUT2D eigenvalue weighted by molar-refractivity contribution is 0.112. The third-order valence-electron chi connectivity index (χ3n) is 4.08. The van der Waals surface area contributed by atoms with Gasteiger partial charge in [-0.3, -0.25) is 9.48 Å². The molecule has 0 radical (unpaired) electrons. The molecular weight excluding hydrogens is 250 g/mol. The lowest BCUT2D eigenvalue weighted by atomic mass is 10.0. The van der Waals surface area contributed by atoms with Crippen LogP contribution in [0.15, 0.2) is 24.3 Å². The summed E-state index contributed by atoms with van der Waals surface area (Å²) >= 11 is 0. The molecule has 0 N–H and O–H groups in total. The molecule has 1 aliphatic rings. The highest BCUT2D eigenvalue weighted by Gasteiger charge is 2.21. The predicted octanol–water partition coefficient (Wildman–Crippen LogP) is 2.15. The van der Waals surface area contributed by atoms with E-state index in [1.165, 1.54) is 11.1 Å². The third kappa shape index (κ3) is 2.11. The SMILES string of the molecule is Cc1nn(C)c(N2CCc3ccccc3CC2)c1C=O. The summed E-state index contributed by atoms with van der Waals surface area (Å²) in [6, 6.07) is 8.60. The van der Waals surface area contributed by atoms with Crippen molar-refractivity contribution in [2.75, 3.05) is 18.0 Å². The zero-order valence-electron chi connectivity index (χ0n) is 12.0. The van der Waals surface area contributed by atoms with Crippen LogP contribution in [0.1, 0.15) is 27.2 Å². The number of aromatic nitrogens is 2. The Morgan fingerprint density at radius 1 is 1.15 bits per heavy atom. The molecule has 0 saturated heterocycles. The van der Waals surface area contributed by atoms with Gasteiger partial charge in [-0.25, -0.2) is 0 Å². The summed E-state index contributed by atoms with van der Waals surface area (Å²) in [6.45, 7) is 3.74. The van der Waals surface area contributed by atoms with Gasteiger partial charge in [0.1, 0.15) is 5.82 Å². The van der Waals surface area contributed by atoms with Crippen molar-refractivity contribution in [2.24, 2.45) is 7.05 Å². The molecule has 0 amide bonds. The summed E-state index contributed by atoms with van der Waals surface area (Å²) in [7, 11) is 1.91. The van der Waals surface area contributed by atoms with Crippen molar-refractivity contribution in [1.29, 1.82) is 0 Å². The smallest absolute Gasteiger partial charge is 0.155 e. The number of rotatable bonds is 2. The van der Waals surface area contributed by atoms with Gasteiger partial charge in [0.05, 0.1) is 11.3 Å². The maximum Gasteiger partial charge on any atom is 0.155 e. The molecule has 0 unspecified atom stereocenters. The van der Waals surface area contributed by atoms with Crippen LogP contribution in [0.3, 0.4) is 0 Å². The van der Waals surface area contributed by atoms with Crippen molar-refractivity contribution in [3.8, 4) is 0 Å². The van der Waals surface area contributed by atoms with Crippen LogP contribution in [-0.4, -0.2) is 29.2 Å². The van der Waals surface area contributed by atoms with Crippen LogP contribution >= 0.6 is 0 Å². The number of fused-ring (bicyclic) bond motifs is 1. The Bertz CT molecular complexity index is 618. The summed E-state index contributed by atoms with van der Waals surface area (Å²) in [5, 5.41) is 4.38. The molecule has 0 aliphatic carbocycles. The molecule has 20 heavy (non-hydrogen) atoms. The monoisotopic (exact) mass is 269 g/mol. The predicted molar refractivity (Wildman–Crippen MR) is 79.4 cm³/mol. The fourth-order valence-corrected chi connectivity index (χ4v) is 3.06. The zero-order valence-corrected chi connectivity index (χ0v) is 12.0. The van der Waals surface area contributed by atoms with Crippen molar-refractivity contribution in [1.82, 2.24) is 9.78 Å². The number of hydrogen-bond donors (Lipinski definition) is 0. The Kier molecular flexibility index (Phi) is 3.30. The number of aldehydes is 1. The molecule has 2 heterocycles. The molecule has 0 fully saturated rings. The van der Waals surface area contributed by atoms with Crippen LogP contribution in [0.25, 0.3) is 0 Å². The summed E-state index contributed by atoms with van der Waals surface area (Å²) < 4.78 is 1.83. The van der Waals surface area contributed by atoms with Gasteiger partial charge in [0, 0.05) is 20.1 Å². The number of carbonyl (C=O) groups is 1. The topological polar surface area (TPSA) is 38.1 Å². The van der Waals surface area contributed by atoms with Crippen molar-refractivity contribution in [2.45, 2.75) is 19.8 Å². The maximum atomic E-state index is 11.3. The van der Waals surface area contributed by atoms with E-state index in [1.807, 2.05) is 18.7 Å². The summed E-state index contributed by atoms with van der Waals surface area (Å²) in [6.07, 6.45) is 2.95. The van der Waals surface area contributed by atoms with Crippen LogP contribution in [0.5, 0.6) is 0 Å². The van der Waals surface area contributed by atoms with Gasteiger partial charge in [0.2, 0.25) is 0 Å². The van der Waals surface area contributed by atoms with Crippen LogP contribution < -0.4 is 4.90 Å². The highest BCUT2D eigenvalue weighted by atomic mass is 16.1. The maximum absolute atomic E-state index is 11.3. The highest BCUT2D eigenvalue weighted by Crippen LogP contribution is 2.25. The fourth-order valence-electron chi connectivity index (χ4n) is 3.06. The number of hydrogen-bond acceptors (Lipinski definition) is 3. The fraction of sp³-hybridized carbons (Fsp3) is 0.375. The minimum atomic E-state index is 0.721. The number of benzene rings is 1. The van der Waals surface area contributed by atoms with Crippen molar-refractivity contribution < 1.29 is 4.79 Å². The first-order valence-corrected chi connectivity index (χ1v) is 7.01. The van der Waals surface area contributed by atoms with E-state index in [1.54, 1.807) is 0 Å². The van der Waals surface area contributed by atoms with Gasteiger partial charge >= 0.3 is 0 Å². The van der Waals surface area contributed by atoms with Gasteiger partial charge in [-0.1, -0.05) is 24.3 Å². The van der Waals surface area contributed by atoms with Crippen LogP contribution in [0.4, 0.5) is 5.82 Å². The van der Waals surface area contributed by atoms with Crippen molar-refractivity contribution in [3.05, 3.63) is 46.6 Å². The third-order valence-corrected chi connectivity index (χ3v) is 4.08. The quantitative estimate of drug-likeness (QED) is 0.784. The van der Waals surface area contributed by atoms with E-state index in [2.05, 4.69) is 34.3 Å². The summed E-state index contributed by atoms with van der Waals surface area (Å²) in [4.78, 5) is 13.6. The van der Waals surface area contributed by atoms with Crippen LogP contribution in [0, 0.1) is 6.92 Å². The van der Waals surface area contributed by atoms with Gasteiger partial charge in [-0.2, -0.15) is 5.10 Å². The minimum absolute atomic E-state index is 0.721. The second kappa shape index (κ2) is 5.12. The van der Waals surface area contributed by atoms with Gasteiger partial charge in [-0.05, 0) is 30.9 Å². The molecule has 104 valence electrons. The van der Waals surface area contributed by atoms with E-state index in [9.17, 15) is 4.79 Å². The van der Waals surface area contributed by atoms with Crippen molar-refractivity contribution >= 4 is 12.1 Å². The van der Waals surface area contributed by atoms with E-state index < -0.39 is 0 Å². The van der Waals surface area contributed by atoms with Gasteiger partial charge in [-0.15, -0.1) is 0 Å². The lowest BCUT2D eigenvalue weighted by Gasteiger charge is -2.23. The number of aryl methyl sites for hydroxylation is 2. The van der Waals surface area contributed by atoms with Gasteiger partial charge in [0.25, 0.3) is 0 Å². The molecular formula is C16H19N3O. The number of carbonyl (C=O) groups excluding carboxylic acids is 1. The van der Waals surface area contributed by atoms with Crippen molar-refractivity contribution in [3.63, 3.8) is 0 Å². The first-order chi connectivity index (χ1) is 9.70. The second-order valence-electron chi connectivity index (χ2n) is 5.32.